The maximum absolute atomic E-state index is 12.0. The maximum atomic E-state index is 12.0. The number of nitrogens with zero attached hydrogens (tertiary/aromatic N) is 1. The van der Waals surface area contributed by atoms with Gasteiger partial charge >= 0.3 is 6.09 Å². The number of hydrogen-bond acceptors (Lipinski definition) is 2. The van der Waals surface area contributed by atoms with Gasteiger partial charge in [0.2, 0.25) is 0 Å². The first-order valence-corrected chi connectivity index (χ1v) is 6.79. The van der Waals surface area contributed by atoms with Crippen LogP contribution in [0.5, 0.6) is 0 Å². The van der Waals surface area contributed by atoms with E-state index in [2.05, 4.69) is 6.92 Å². The van der Waals surface area contributed by atoms with E-state index in [0.717, 1.165) is 24.2 Å². The third-order valence-electron chi connectivity index (χ3n) is 4.19. The average molecular weight is 239 g/mol. The fraction of sp³-hybridized carbons (Fsp3) is 0.929. The predicted octanol–water partition coefficient (Wildman–Crippen LogP) is 3.29. The van der Waals surface area contributed by atoms with Crippen molar-refractivity contribution in [3.8, 4) is 0 Å². The largest absolute Gasteiger partial charge is 0.444 e. The predicted molar refractivity (Wildman–Crippen MR) is 67.8 cm³/mol. The van der Waals surface area contributed by atoms with Gasteiger partial charge in [-0.25, -0.2) is 4.79 Å². The van der Waals surface area contributed by atoms with E-state index in [1.165, 1.54) is 12.8 Å². The lowest BCUT2D eigenvalue weighted by Crippen LogP contribution is -2.46. The van der Waals surface area contributed by atoms with Crippen LogP contribution < -0.4 is 0 Å². The van der Waals surface area contributed by atoms with Crippen molar-refractivity contribution in [2.45, 2.75) is 58.6 Å². The normalized spacial score (nSPS) is 32.2. The Morgan fingerprint density at radius 2 is 2.06 bits per heavy atom. The van der Waals surface area contributed by atoms with Crippen molar-refractivity contribution in [2.24, 2.45) is 17.8 Å². The number of rotatable bonds is 3. The third-order valence-corrected chi connectivity index (χ3v) is 4.19. The molecule has 0 heterocycles. The van der Waals surface area contributed by atoms with E-state index in [1.807, 2.05) is 32.7 Å². The molecular weight excluding hydrogens is 214 g/mol. The second kappa shape index (κ2) is 4.18. The number of carbonyl (C=O) groups excluding carboxylic acids is 1. The first-order valence-electron chi connectivity index (χ1n) is 6.79. The molecule has 4 atom stereocenters. The van der Waals surface area contributed by atoms with E-state index in [4.69, 9.17) is 4.74 Å². The highest BCUT2D eigenvalue weighted by Gasteiger charge is 2.56. The van der Waals surface area contributed by atoms with Crippen molar-refractivity contribution in [1.82, 2.24) is 4.90 Å². The molecule has 0 N–H and O–H groups in total. The molecule has 1 amide bonds. The molecule has 0 spiro atoms. The Kier molecular flexibility index (Phi) is 3.13. The highest BCUT2D eigenvalue weighted by atomic mass is 16.6. The van der Waals surface area contributed by atoms with Gasteiger partial charge in [0, 0.05) is 13.1 Å². The van der Waals surface area contributed by atoms with Crippen LogP contribution in [0.2, 0.25) is 0 Å². The molecule has 0 aromatic carbocycles. The van der Waals surface area contributed by atoms with E-state index in [0.29, 0.717) is 6.04 Å². The van der Waals surface area contributed by atoms with Crippen molar-refractivity contribution in [3.63, 3.8) is 0 Å². The molecule has 2 saturated carbocycles. The van der Waals surface area contributed by atoms with Gasteiger partial charge in [-0.3, -0.25) is 0 Å². The molecule has 2 rings (SSSR count). The zero-order valence-electron chi connectivity index (χ0n) is 11.7. The summed E-state index contributed by atoms with van der Waals surface area (Å²) in [6.07, 6.45) is 3.57. The van der Waals surface area contributed by atoms with Gasteiger partial charge in [-0.2, -0.15) is 0 Å². The van der Waals surface area contributed by atoms with Gasteiger partial charge < -0.3 is 9.64 Å². The van der Waals surface area contributed by atoms with Crippen molar-refractivity contribution < 1.29 is 9.53 Å². The molecule has 17 heavy (non-hydrogen) atoms. The molecule has 2 aliphatic carbocycles. The van der Waals surface area contributed by atoms with Crippen LogP contribution in [0, 0.1) is 17.8 Å². The zero-order chi connectivity index (χ0) is 12.8. The molecule has 0 bridgehead atoms. The second-order valence-corrected chi connectivity index (χ2v) is 6.63. The molecule has 98 valence electrons. The topological polar surface area (TPSA) is 29.5 Å². The van der Waals surface area contributed by atoms with Crippen molar-refractivity contribution in [2.75, 3.05) is 7.05 Å². The molecule has 4 unspecified atom stereocenters. The van der Waals surface area contributed by atoms with E-state index in [-0.39, 0.29) is 6.09 Å². The van der Waals surface area contributed by atoms with Crippen LogP contribution in [0.3, 0.4) is 0 Å². The molecule has 0 aromatic rings. The molecule has 2 aliphatic rings. The first-order chi connectivity index (χ1) is 7.83. The van der Waals surface area contributed by atoms with Crippen LogP contribution in [0.15, 0.2) is 0 Å². The molecule has 0 aromatic heterocycles. The zero-order valence-corrected chi connectivity index (χ0v) is 11.7. The summed E-state index contributed by atoms with van der Waals surface area (Å²) in [6.45, 7) is 7.92. The maximum Gasteiger partial charge on any atom is 0.410 e. The Labute approximate surface area is 105 Å². The summed E-state index contributed by atoms with van der Waals surface area (Å²) < 4.78 is 5.44. The summed E-state index contributed by atoms with van der Waals surface area (Å²) in [7, 11) is 1.89. The Morgan fingerprint density at radius 3 is 2.41 bits per heavy atom. The molecular formula is C14H25NO2. The smallest absolute Gasteiger partial charge is 0.410 e. The van der Waals surface area contributed by atoms with Gasteiger partial charge in [-0.1, -0.05) is 6.92 Å². The number of ether oxygens (including phenoxy) is 1. The lowest BCUT2D eigenvalue weighted by Gasteiger charge is -2.39. The summed E-state index contributed by atoms with van der Waals surface area (Å²) in [5, 5.41) is 0. The van der Waals surface area contributed by atoms with Gasteiger partial charge in [-0.05, 0) is 57.8 Å². The molecule has 3 heteroatoms. The Hall–Kier alpha value is -0.730. The molecule has 2 fully saturated rings. The lowest BCUT2D eigenvalue weighted by atomic mass is 9.78. The van der Waals surface area contributed by atoms with E-state index in [9.17, 15) is 4.79 Å². The monoisotopic (exact) mass is 239 g/mol. The fourth-order valence-electron chi connectivity index (χ4n) is 3.17. The number of amides is 1. The minimum Gasteiger partial charge on any atom is -0.444 e. The minimum absolute atomic E-state index is 0.173. The Balaban J connectivity index is 1.92. The van der Waals surface area contributed by atoms with Gasteiger partial charge in [0.25, 0.3) is 0 Å². The molecule has 0 radical (unpaired) electrons. The molecule has 0 saturated heterocycles. The number of fused-ring (bicyclic) bond motifs is 1. The summed E-state index contributed by atoms with van der Waals surface area (Å²) in [5.74, 6) is 2.62. The average Bonchev–Trinajstić information content (AvgIpc) is 2.81. The first kappa shape index (κ1) is 12.7. The summed E-state index contributed by atoms with van der Waals surface area (Å²) in [5.41, 5.74) is -0.397. The highest BCUT2D eigenvalue weighted by Crippen LogP contribution is 2.61. The Bertz CT molecular complexity index is 308. The fourth-order valence-corrected chi connectivity index (χ4v) is 3.17. The van der Waals surface area contributed by atoms with Gasteiger partial charge in [0.1, 0.15) is 5.60 Å². The highest BCUT2D eigenvalue weighted by molar-refractivity contribution is 5.68. The van der Waals surface area contributed by atoms with Crippen LogP contribution >= 0.6 is 0 Å². The lowest BCUT2D eigenvalue weighted by molar-refractivity contribution is 0.00860. The van der Waals surface area contributed by atoms with E-state index >= 15 is 0 Å². The quantitative estimate of drug-likeness (QED) is 0.756. The van der Waals surface area contributed by atoms with Gasteiger partial charge in [0.05, 0.1) is 0 Å². The van der Waals surface area contributed by atoms with Crippen LogP contribution in [0.25, 0.3) is 0 Å². The Morgan fingerprint density at radius 1 is 1.41 bits per heavy atom. The van der Waals surface area contributed by atoms with E-state index < -0.39 is 5.60 Å². The SMILES string of the molecule is CCC(C1CC2CC21)N(C)C(=O)OC(C)(C)C. The summed E-state index contributed by atoms with van der Waals surface area (Å²) in [6, 6.07) is 0.369. The number of carbonyl (C=O) groups is 1. The van der Waals surface area contributed by atoms with Crippen LogP contribution in [0.4, 0.5) is 4.79 Å². The summed E-state index contributed by atoms with van der Waals surface area (Å²) in [4.78, 5) is 13.9. The van der Waals surface area contributed by atoms with E-state index in [1.54, 1.807) is 0 Å². The van der Waals surface area contributed by atoms with Crippen molar-refractivity contribution in [3.05, 3.63) is 0 Å². The molecule has 3 nitrogen and oxygen atoms in total. The standard InChI is InChI=1S/C14H25NO2/c1-6-12(11-8-9-7-10(9)11)15(5)13(16)17-14(2,3)4/h9-12H,6-8H2,1-5H3. The van der Waals surface area contributed by atoms with Crippen molar-refractivity contribution in [1.29, 1.82) is 0 Å². The van der Waals surface area contributed by atoms with Gasteiger partial charge in [0.15, 0.2) is 0 Å². The third kappa shape index (κ3) is 2.58. The molecule has 0 aliphatic heterocycles. The van der Waals surface area contributed by atoms with Crippen molar-refractivity contribution >= 4 is 6.09 Å². The second-order valence-electron chi connectivity index (χ2n) is 6.63. The van der Waals surface area contributed by atoms with Crippen LogP contribution in [0.1, 0.15) is 47.0 Å². The van der Waals surface area contributed by atoms with Crippen LogP contribution in [-0.4, -0.2) is 29.7 Å². The minimum atomic E-state index is -0.397. The number of hydrogen-bond donors (Lipinski definition) is 0. The summed E-state index contributed by atoms with van der Waals surface area (Å²) >= 11 is 0. The van der Waals surface area contributed by atoms with Crippen LogP contribution in [-0.2, 0) is 4.74 Å². The van der Waals surface area contributed by atoms with Gasteiger partial charge in [-0.15, -0.1) is 0 Å².